The van der Waals surface area contributed by atoms with Crippen LogP contribution in [0.3, 0.4) is 0 Å². The number of carbonyl (C=O) groups is 1. The third-order valence-corrected chi connectivity index (χ3v) is 6.94. The number of fused-ring (bicyclic) bond motifs is 3. The molecular formula is C23H23Cl2N7O2. The summed E-state index contributed by atoms with van der Waals surface area (Å²) in [5.41, 5.74) is 4.55. The normalized spacial score (nSPS) is 14.8. The molecule has 176 valence electrons. The zero-order valence-electron chi connectivity index (χ0n) is 18.7. The lowest BCUT2D eigenvalue weighted by atomic mass is 10.1. The zero-order valence-corrected chi connectivity index (χ0v) is 20.2. The fourth-order valence-electron chi connectivity index (χ4n) is 4.39. The summed E-state index contributed by atoms with van der Waals surface area (Å²) in [6.45, 7) is 5.64. The largest absolute Gasteiger partial charge is 0.366 e. The van der Waals surface area contributed by atoms with Gasteiger partial charge in [0, 0.05) is 45.3 Å². The van der Waals surface area contributed by atoms with Gasteiger partial charge >= 0.3 is 0 Å². The molecule has 0 aliphatic carbocycles. The van der Waals surface area contributed by atoms with Crippen LogP contribution in [0.1, 0.15) is 21.6 Å². The van der Waals surface area contributed by atoms with Gasteiger partial charge in [-0.3, -0.25) is 14.5 Å². The predicted molar refractivity (Wildman–Crippen MR) is 133 cm³/mol. The van der Waals surface area contributed by atoms with Gasteiger partial charge in [-0.05, 0) is 30.7 Å². The second-order valence-corrected chi connectivity index (χ2v) is 9.06. The number of anilines is 1. The second-order valence-electron chi connectivity index (χ2n) is 8.32. The number of aryl methyl sites for hydroxylation is 1. The highest BCUT2D eigenvalue weighted by Crippen LogP contribution is 2.29. The molecule has 11 heteroatoms. The Hall–Kier alpha value is -3.14. The number of rotatable bonds is 4. The number of H-pyrrole nitrogens is 1. The average Bonchev–Trinajstić information content (AvgIpc) is 3.23. The van der Waals surface area contributed by atoms with Crippen molar-refractivity contribution in [1.82, 2.24) is 29.8 Å². The van der Waals surface area contributed by atoms with Crippen LogP contribution in [0.4, 0.5) is 5.69 Å². The van der Waals surface area contributed by atoms with Crippen molar-refractivity contribution >= 4 is 51.3 Å². The van der Waals surface area contributed by atoms with Crippen LogP contribution in [-0.2, 0) is 6.54 Å². The van der Waals surface area contributed by atoms with Gasteiger partial charge < -0.3 is 15.2 Å². The van der Waals surface area contributed by atoms with Gasteiger partial charge in [0.1, 0.15) is 11.2 Å². The number of halogens is 2. The highest BCUT2D eigenvalue weighted by atomic mass is 35.5. The van der Waals surface area contributed by atoms with Crippen LogP contribution in [0.2, 0.25) is 10.2 Å². The maximum atomic E-state index is 12.6. The number of hydrogen-bond donors (Lipinski definition) is 2. The van der Waals surface area contributed by atoms with Gasteiger partial charge in [0.2, 0.25) is 0 Å². The minimum absolute atomic E-state index is 0.205. The van der Waals surface area contributed by atoms with Crippen LogP contribution < -0.4 is 15.8 Å². The molecule has 2 N–H and O–H groups in total. The molecule has 0 unspecified atom stereocenters. The highest BCUT2D eigenvalue weighted by molar-refractivity contribution is 6.35. The molecule has 0 spiro atoms. The van der Waals surface area contributed by atoms with E-state index in [1.807, 2.05) is 25.1 Å². The number of aromatic nitrogens is 4. The summed E-state index contributed by atoms with van der Waals surface area (Å²) >= 11 is 13.1. The molecule has 9 nitrogen and oxygen atoms in total. The maximum Gasteiger partial charge on any atom is 0.274 e. The second kappa shape index (κ2) is 8.90. The van der Waals surface area contributed by atoms with E-state index >= 15 is 0 Å². The van der Waals surface area contributed by atoms with Crippen LogP contribution in [0, 0.1) is 6.92 Å². The number of piperazine rings is 1. The Kier molecular flexibility index (Phi) is 5.93. The summed E-state index contributed by atoms with van der Waals surface area (Å²) in [5, 5.41) is 7.74. The van der Waals surface area contributed by atoms with Gasteiger partial charge in [-0.15, -0.1) is 0 Å². The van der Waals surface area contributed by atoms with E-state index in [1.54, 1.807) is 23.8 Å². The Morgan fingerprint density at radius 2 is 1.91 bits per heavy atom. The molecule has 1 aliphatic heterocycles. The average molecular weight is 500 g/mol. The van der Waals surface area contributed by atoms with Crippen molar-refractivity contribution in [1.29, 1.82) is 0 Å². The highest BCUT2D eigenvalue weighted by Gasteiger charge is 2.22. The van der Waals surface area contributed by atoms with Crippen LogP contribution >= 0.6 is 23.2 Å². The number of amides is 1. The van der Waals surface area contributed by atoms with Gasteiger partial charge in [-0.25, -0.2) is 9.50 Å². The Morgan fingerprint density at radius 1 is 1.15 bits per heavy atom. The van der Waals surface area contributed by atoms with Crippen molar-refractivity contribution in [3.63, 3.8) is 0 Å². The standard InChI is InChI=1S/C23H23Cl2N7O2/c1-13-11-27-32-16-5-3-14(18(24)19(16)29-23(34)20(13)32)12-30-7-9-31(10-8-30)17-6-4-15(22(33)26-2)28-21(17)25/h3-6,11H,7-10,12H2,1-2H3,(H,26,33)(H,29,34). The minimum atomic E-state index is -0.268. The SMILES string of the molecule is CNC(=O)c1ccc(N2CCN(Cc3ccc4c([nH]c(=O)c5c(C)cnn54)c3Cl)CC2)c(Cl)n1. The molecule has 0 bridgehead atoms. The van der Waals surface area contributed by atoms with E-state index in [1.165, 1.54) is 0 Å². The number of carbonyl (C=O) groups excluding carboxylic acids is 1. The first kappa shape index (κ1) is 22.6. The molecule has 0 saturated carbocycles. The zero-order chi connectivity index (χ0) is 24.0. The van der Waals surface area contributed by atoms with Crippen molar-refractivity contribution in [3.05, 3.63) is 67.8 Å². The number of pyridine rings is 1. The fraction of sp³-hybridized carbons (Fsp3) is 0.304. The molecule has 0 radical (unpaired) electrons. The van der Waals surface area contributed by atoms with E-state index in [9.17, 15) is 9.59 Å². The summed E-state index contributed by atoms with van der Waals surface area (Å²) < 4.78 is 1.64. The maximum absolute atomic E-state index is 12.6. The van der Waals surface area contributed by atoms with E-state index < -0.39 is 0 Å². The number of nitrogens with one attached hydrogen (secondary N) is 2. The Bertz CT molecular complexity index is 1470. The van der Waals surface area contributed by atoms with Gasteiger partial charge in [0.25, 0.3) is 11.5 Å². The Morgan fingerprint density at radius 3 is 2.62 bits per heavy atom. The quantitative estimate of drug-likeness (QED) is 0.419. The minimum Gasteiger partial charge on any atom is -0.366 e. The summed E-state index contributed by atoms with van der Waals surface area (Å²) in [6, 6.07) is 7.45. The summed E-state index contributed by atoms with van der Waals surface area (Å²) in [7, 11) is 1.56. The summed E-state index contributed by atoms with van der Waals surface area (Å²) in [6.07, 6.45) is 1.68. The molecule has 34 heavy (non-hydrogen) atoms. The molecule has 1 saturated heterocycles. The lowest BCUT2D eigenvalue weighted by molar-refractivity contribution is 0.0958. The number of nitrogens with zero attached hydrogens (tertiary/aromatic N) is 5. The molecule has 1 fully saturated rings. The molecule has 4 heterocycles. The van der Waals surface area contributed by atoms with Crippen molar-refractivity contribution in [2.24, 2.45) is 0 Å². The third-order valence-electron chi connectivity index (χ3n) is 6.23. The molecule has 4 aromatic rings. The molecule has 5 rings (SSSR count). The van der Waals surface area contributed by atoms with Gasteiger partial charge in [-0.1, -0.05) is 29.3 Å². The van der Waals surface area contributed by atoms with Crippen LogP contribution in [-0.4, -0.2) is 63.6 Å². The Balaban J connectivity index is 1.32. The lowest BCUT2D eigenvalue weighted by Crippen LogP contribution is -2.46. The lowest BCUT2D eigenvalue weighted by Gasteiger charge is -2.36. The number of benzene rings is 1. The van der Waals surface area contributed by atoms with Crippen molar-refractivity contribution < 1.29 is 4.79 Å². The van der Waals surface area contributed by atoms with Crippen LogP contribution in [0.25, 0.3) is 16.6 Å². The molecule has 1 aliphatic rings. The van der Waals surface area contributed by atoms with Crippen molar-refractivity contribution in [2.75, 3.05) is 38.1 Å². The predicted octanol–water partition coefficient (Wildman–Crippen LogP) is 2.87. The van der Waals surface area contributed by atoms with Crippen LogP contribution in [0.5, 0.6) is 0 Å². The molecule has 3 aromatic heterocycles. The Labute approximate surface area is 205 Å². The van der Waals surface area contributed by atoms with E-state index in [-0.39, 0.29) is 11.5 Å². The van der Waals surface area contributed by atoms with Gasteiger partial charge in [0.15, 0.2) is 5.15 Å². The third kappa shape index (κ3) is 3.89. The van der Waals surface area contributed by atoms with Crippen LogP contribution in [0.15, 0.2) is 35.3 Å². The van der Waals surface area contributed by atoms with E-state index in [2.05, 4.69) is 30.2 Å². The van der Waals surface area contributed by atoms with Crippen molar-refractivity contribution in [2.45, 2.75) is 13.5 Å². The van der Waals surface area contributed by atoms with E-state index in [0.717, 1.165) is 48.5 Å². The first-order chi connectivity index (χ1) is 16.4. The van der Waals surface area contributed by atoms with Gasteiger partial charge in [0.05, 0.1) is 27.9 Å². The smallest absolute Gasteiger partial charge is 0.274 e. The number of hydrogen-bond acceptors (Lipinski definition) is 6. The van der Waals surface area contributed by atoms with Gasteiger partial charge in [-0.2, -0.15) is 5.10 Å². The fourth-order valence-corrected chi connectivity index (χ4v) is 4.93. The van der Waals surface area contributed by atoms with E-state index in [4.69, 9.17) is 23.2 Å². The first-order valence-electron chi connectivity index (χ1n) is 10.9. The first-order valence-corrected chi connectivity index (χ1v) is 11.7. The molecule has 0 atom stereocenters. The molecule has 1 aromatic carbocycles. The summed E-state index contributed by atoms with van der Waals surface area (Å²) in [5.74, 6) is -0.268. The summed E-state index contributed by atoms with van der Waals surface area (Å²) in [4.78, 5) is 36.0. The number of aromatic amines is 1. The monoisotopic (exact) mass is 499 g/mol. The van der Waals surface area contributed by atoms with E-state index in [0.29, 0.717) is 33.4 Å². The van der Waals surface area contributed by atoms with Crippen molar-refractivity contribution in [3.8, 4) is 0 Å². The topological polar surface area (TPSA) is 98.6 Å². The molecule has 1 amide bonds. The molecular weight excluding hydrogens is 477 g/mol.